The minimum atomic E-state index is -0.686. The Kier molecular flexibility index (Phi) is 21.3. The highest BCUT2D eigenvalue weighted by Gasteiger charge is 2.41. The summed E-state index contributed by atoms with van der Waals surface area (Å²) >= 11 is 8.44. The van der Waals surface area contributed by atoms with Crippen molar-refractivity contribution in [2.45, 2.75) is 71.9 Å². The molecule has 0 spiro atoms. The number of nitrogens with zero attached hydrogens (tertiary/aromatic N) is 8. The van der Waals surface area contributed by atoms with Crippen molar-refractivity contribution in [3.63, 3.8) is 0 Å². The van der Waals surface area contributed by atoms with Crippen LogP contribution >= 0.6 is 22.9 Å². The van der Waals surface area contributed by atoms with Crippen molar-refractivity contribution in [3.8, 4) is 38.9 Å². The van der Waals surface area contributed by atoms with Crippen LogP contribution in [0.25, 0.3) is 43.2 Å². The Morgan fingerprint density at radius 2 is 1.64 bits per heavy atom. The highest BCUT2D eigenvalue weighted by atomic mass is 35.5. The van der Waals surface area contributed by atoms with E-state index in [1.54, 1.807) is 58.4 Å². The number of hydrogen-bond donors (Lipinski definition) is 3. The third kappa shape index (κ3) is 14.9. The average Bonchev–Trinajstić information content (AvgIpc) is 1.09. The Hall–Kier alpha value is -7.70. The standard InChI is InChI=1S/C62H74ClFN10O11S/c1-37(2)54(61(79)74-18-10-13-49(74)60(78)67-38(3)44-15-14-42(32-50(44)80-7)58-39(4)66-36-86-58)51-35-52(70-85-51)84-30-29-83-28-27-82-26-25-81-24-23-71(6)53(77)16-17-65-62-68-57-47(59(69-62)73-21-19-72(20-22-73)40(5)75)34-48(63)55(56(57)64)46-33-43(76)31-41-11-8-9-12-45(41)46/h8-9,11-12,14-15,31-38,49,54,76H,10,13,16-30H2,1-7H3,(H,67,78)(H,65,68,69)/t38-,49-,54?/m0/s1. The maximum atomic E-state index is 17.0. The van der Waals surface area contributed by atoms with Gasteiger partial charge in [0, 0.05) is 88.8 Å². The molecular weight excluding hydrogens is 1150 g/mol. The summed E-state index contributed by atoms with van der Waals surface area (Å²) in [6.07, 6.45) is 1.32. The normalized spacial score (nSPS) is 15.1. The molecule has 0 aliphatic carbocycles. The number of aromatic hydroxyl groups is 1. The van der Waals surface area contributed by atoms with E-state index in [0.717, 1.165) is 21.7 Å². The maximum absolute atomic E-state index is 17.0. The van der Waals surface area contributed by atoms with Gasteiger partial charge in [0.05, 0.1) is 73.9 Å². The highest BCUT2D eigenvalue weighted by Crippen LogP contribution is 2.43. The van der Waals surface area contributed by atoms with Gasteiger partial charge in [0.25, 0.3) is 5.88 Å². The van der Waals surface area contributed by atoms with Crippen molar-refractivity contribution in [1.82, 2.24) is 40.1 Å². The first-order valence-electron chi connectivity index (χ1n) is 28.9. The second-order valence-electron chi connectivity index (χ2n) is 21.6. The molecule has 0 bridgehead atoms. The topological polar surface area (TPSA) is 236 Å². The molecule has 5 heterocycles. The van der Waals surface area contributed by atoms with Crippen LogP contribution in [0.4, 0.5) is 16.2 Å². The second kappa shape index (κ2) is 29.1. The lowest BCUT2D eigenvalue weighted by Gasteiger charge is -2.35. The molecule has 9 rings (SSSR count). The lowest BCUT2D eigenvalue weighted by Crippen LogP contribution is -2.48. The monoisotopic (exact) mass is 1220 g/mol. The smallest absolute Gasteiger partial charge is 0.254 e. The Bertz CT molecular complexity index is 3520. The number of aromatic nitrogens is 4. The van der Waals surface area contributed by atoms with Gasteiger partial charge >= 0.3 is 0 Å². The molecule has 2 fully saturated rings. The summed E-state index contributed by atoms with van der Waals surface area (Å²) in [6.45, 7) is 14.0. The molecule has 2 saturated heterocycles. The number of piperazine rings is 1. The summed E-state index contributed by atoms with van der Waals surface area (Å²) < 4.78 is 51.2. The van der Waals surface area contributed by atoms with Crippen molar-refractivity contribution < 1.29 is 56.9 Å². The van der Waals surface area contributed by atoms with Crippen LogP contribution in [0.2, 0.25) is 5.02 Å². The molecular formula is C62H74ClFN10O11S. The summed E-state index contributed by atoms with van der Waals surface area (Å²) in [4.78, 5) is 75.1. The number of methoxy groups -OCH3 is 1. The second-order valence-corrected chi connectivity index (χ2v) is 22.9. The quantitative estimate of drug-likeness (QED) is 0.0407. The molecule has 4 amide bonds. The molecule has 3 atom stereocenters. The molecule has 21 nitrogen and oxygen atoms in total. The molecule has 3 aromatic heterocycles. The van der Waals surface area contributed by atoms with Crippen LogP contribution in [0.15, 0.2) is 76.8 Å². The first-order chi connectivity index (χ1) is 41.5. The van der Waals surface area contributed by atoms with Crippen molar-refractivity contribution >= 4 is 80.0 Å². The predicted octanol–water partition coefficient (Wildman–Crippen LogP) is 9.04. The number of phenolic OH excluding ortho intramolecular Hbond substituents is 1. The first kappa shape index (κ1) is 62.8. The number of likely N-dealkylation sites (tertiary alicyclic amines) is 1. The zero-order valence-corrected chi connectivity index (χ0v) is 51.1. The summed E-state index contributed by atoms with van der Waals surface area (Å²) in [7, 11) is 3.30. The van der Waals surface area contributed by atoms with Gasteiger partial charge in [-0.2, -0.15) is 4.98 Å². The molecule has 458 valence electrons. The van der Waals surface area contributed by atoms with Gasteiger partial charge in [-0.1, -0.05) is 61.8 Å². The Balaban J connectivity index is 0.670. The van der Waals surface area contributed by atoms with E-state index in [1.165, 1.54) is 13.0 Å². The van der Waals surface area contributed by atoms with Crippen LogP contribution < -0.4 is 25.0 Å². The van der Waals surface area contributed by atoms with Gasteiger partial charge in [-0.3, -0.25) is 19.2 Å². The van der Waals surface area contributed by atoms with E-state index in [2.05, 4.69) is 25.8 Å². The van der Waals surface area contributed by atoms with E-state index in [4.69, 9.17) is 44.8 Å². The number of benzene rings is 4. The molecule has 86 heavy (non-hydrogen) atoms. The average molecular weight is 1220 g/mol. The number of aryl methyl sites for hydroxylation is 1. The van der Waals surface area contributed by atoms with Crippen LogP contribution in [-0.2, 0) is 33.4 Å². The highest BCUT2D eigenvalue weighted by molar-refractivity contribution is 7.13. The fourth-order valence-corrected chi connectivity index (χ4v) is 12.0. The number of ether oxygens (including phenoxy) is 5. The zero-order valence-electron chi connectivity index (χ0n) is 49.5. The summed E-state index contributed by atoms with van der Waals surface area (Å²) in [6, 6.07) is 18.6. The van der Waals surface area contributed by atoms with Crippen molar-refractivity contribution in [2.24, 2.45) is 5.92 Å². The van der Waals surface area contributed by atoms with Crippen molar-refractivity contribution in [1.29, 1.82) is 0 Å². The van der Waals surface area contributed by atoms with Gasteiger partial charge in [0.1, 0.15) is 41.4 Å². The summed E-state index contributed by atoms with van der Waals surface area (Å²) in [5.74, 6) is -0.413. The molecule has 7 aromatic rings. The number of phenols is 1. The fourth-order valence-electron chi connectivity index (χ4n) is 10.9. The first-order valence-corrected chi connectivity index (χ1v) is 30.2. The molecule has 2 aliphatic heterocycles. The minimum Gasteiger partial charge on any atom is -0.508 e. The molecule has 24 heteroatoms. The largest absolute Gasteiger partial charge is 0.508 e. The van der Waals surface area contributed by atoms with Gasteiger partial charge in [0.15, 0.2) is 11.6 Å². The van der Waals surface area contributed by atoms with E-state index in [-0.39, 0.29) is 102 Å². The third-order valence-corrected chi connectivity index (χ3v) is 16.8. The van der Waals surface area contributed by atoms with Crippen LogP contribution in [0.3, 0.4) is 0 Å². The number of halogens is 2. The molecule has 2 aliphatic rings. The molecule has 4 aromatic carbocycles. The van der Waals surface area contributed by atoms with Crippen LogP contribution in [0.1, 0.15) is 75.9 Å². The Morgan fingerprint density at radius 3 is 2.35 bits per heavy atom. The van der Waals surface area contributed by atoms with Crippen LogP contribution in [0, 0.1) is 18.7 Å². The number of fused-ring (bicyclic) bond motifs is 2. The van der Waals surface area contributed by atoms with E-state index in [1.807, 2.05) is 80.6 Å². The van der Waals surface area contributed by atoms with Crippen LogP contribution in [0.5, 0.6) is 17.4 Å². The number of nitrogens with one attached hydrogen (secondary N) is 2. The van der Waals surface area contributed by atoms with Crippen LogP contribution in [-0.4, -0.2) is 176 Å². The molecule has 0 saturated carbocycles. The van der Waals surface area contributed by atoms with Gasteiger partial charge in [-0.05, 0) is 83.9 Å². The molecule has 3 N–H and O–H groups in total. The number of amides is 4. The summed E-state index contributed by atoms with van der Waals surface area (Å²) in [5, 5.41) is 22.9. The molecule has 0 radical (unpaired) electrons. The maximum Gasteiger partial charge on any atom is 0.254 e. The number of likely N-dealkylation sites (N-methyl/N-ethyl adjacent to an activating group) is 1. The number of thiazole rings is 1. The Labute approximate surface area is 508 Å². The van der Waals surface area contributed by atoms with E-state index >= 15 is 4.39 Å². The summed E-state index contributed by atoms with van der Waals surface area (Å²) in [5.41, 5.74) is 5.08. The van der Waals surface area contributed by atoms with Crippen molar-refractivity contribution in [2.75, 3.05) is 116 Å². The van der Waals surface area contributed by atoms with Gasteiger partial charge in [0.2, 0.25) is 29.6 Å². The van der Waals surface area contributed by atoms with Gasteiger partial charge in [-0.15, -0.1) is 11.3 Å². The van der Waals surface area contributed by atoms with Gasteiger partial charge in [-0.25, -0.2) is 14.4 Å². The number of carbonyl (C=O) groups excluding carboxylic acids is 4. The third-order valence-electron chi connectivity index (χ3n) is 15.5. The lowest BCUT2D eigenvalue weighted by atomic mass is 9.91. The van der Waals surface area contributed by atoms with Crippen molar-refractivity contribution in [3.05, 3.63) is 100 Å². The van der Waals surface area contributed by atoms with E-state index in [0.29, 0.717) is 118 Å². The van der Waals surface area contributed by atoms with E-state index < -0.39 is 17.8 Å². The fraction of sp³-hybridized carbons (Fsp3) is 0.452. The number of rotatable bonds is 27. The Morgan fingerprint density at radius 1 is 0.907 bits per heavy atom. The lowest BCUT2D eigenvalue weighted by molar-refractivity contribution is -0.141. The minimum absolute atomic E-state index is 0.0133. The zero-order chi connectivity index (χ0) is 61.0. The number of hydrogen-bond acceptors (Lipinski definition) is 18. The predicted molar refractivity (Wildman–Crippen MR) is 326 cm³/mol. The number of carbonyl (C=O) groups is 4. The van der Waals surface area contributed by atoms with Gasteiger partial charge < -0.3 is 63.5 Å². The SMILES string of the molecule is COc1cc(-c2scnc2C)ccc1[C@H](C)NC(=O)[C@@H]1CCCN1C(=O)C(c1cc(OCCOCCOCCOCCN(C)C(=O)CCNc2nc(N3CCN(C(C)=O)CC3)c3cc(Cl)c(-c4cc(O)cc5ccccc45)c(F)c3n2)no1)C(C)C. The number of anilines is 2. The molecule has 1 unspecified atom stereocenters. The van der Waals surface area contributed by atoms with E-state index in [9.17, 15) is 24.3 Å².